The van der Waals surface area contributed by atoms with E-state index in [4.69, 9.17) is 9.79 Å². The third-order valence-corrected chi connectivity index (χ3v) is 2.65. The molecule has 1 N–H and O–H groups in total. The van der Waals surface area contributed by atoms with Crippen LogP contribution in [0.1, 0.15) is 5.56 Å². The van der Waals surface area contributed by atoms with E-state index >= 15 is 0 Å². The lowest BCUT2D eigenvalue weighted by Gasteiger charge is -2.13. The van der Waals surface area contributed by atoms with Crippen molar-refractivity contribution in [2.75, 3.05) is 0 Å². The van der Waals surface area contributed by atoms with Gasteiger partial charge in [-0.25, -0.2) is 0 Å². The van der Waals surface area contributed by atoms with Crippen LogP contribution in [-0.4, -0.2) is 4.89 Å². The molecule has 1 rings (SSSR count). The van der Waals surface area contributed by atoms with E-state index in [0.717, 1.165) is 5.56 Å². The summed E-state index contributed by atoms with van der Waals surface area (Å²) < 4.78 is 9.26. The maximum absolute atomic E-state index is 9.35. The van der Waals surface area contributed by atoms with Gasteiger partial charge in [-0.1, -0.05) is 18.2 Å². The lowest BCUT2D eigenvalue weighted by Crippen LogP contribution is -1.94. The Morgan fingerprint density at radius 3 is 2.71 bits per heavy atom. The van der Waals surface area contributed by atoms with Crippen LogP contribution in [-0.2, 0) is 16.3 Å². The topological polar surface area (TPSA) is 62.5 Å². The molecule has 0 heterocycles. The van der Waals surface area contributed by atoms with Crippen molar-refractivity contribution in [3.63, 3.8) is 0 Å². The molecule has 1 unspecified atom stereocenters. The summed E-state index contributed by atoms with van der Waals surface area (Å²) in [5.74, 6) is 0.425. The summed E-state index contributed by atoms with van der Waals surface area (Å²) in [6, 6.07) is 7.02. The van der Waals surface area contributed by atoms with Crippen molar-refractivity contribution < 1.29 is 13.9 Å². The smallest absolute Gasteiger partial charge is 0.415 e. The second kappa shape index (κ2) is 4.43. The van der Waals surface area contributed by atoms with Gasteiger partial charge in [-0.15, -0.1) is 5.26 Å². The number of para-hydroxylation sites is 1. The summed E-state index contributed by atoms with van der Waals surface area (Å²) in [4.78, 5) is 9.35. The summed E-state index contributed by atoms with van der Waals surface area (Å²) in [6.07, 6.45) is 1.32. The number of nitriles is 1. The highest BCUT2D eigenvalue weighted by molar-refractivity contribution is 8.07. The largest absolute Gasteiger partial charge is 0.442 e. The number of nitrogens with zero attached hydrogens (tertiary/aromatic N) is 1. The molecule has 4 nitrogen and oxygen atoms in total. The SMILES string of the molecule is Cc1ccccc1OP(O)(=S)OC#N. The third-order valence-electron chi connectivity index (χ3n) is 1.46. The second-order valence-corrected chi connectivity index (χ2v) is 5.19. The first kappa shape index (κ1) is 11.0. The van der Waals surface area contributed by atoms with Gasteiger partial charge in [-0.2, -0.15) is 0 Å². The minimum atomic E-state index is -3.47. The lowest BCUT2D eigenvalue weighted by atomic mass is 10.2. The van der Waals surface area contributed by atoms with E-state index in [1.165, 1.54) is 6.26 Å². The lowest BCUT2D eigenvalue weighted by molar-refractivity contribution is 0.355. The van der Waals surface area contributed by atoms with Gasteiger partial charge in [0, 0.05) is 11.8 Å². The standard InChI is InChI=1S/C8H8NO3PS/c1-7-4-2-3-5-8(7)12-13(10,14)11-6-9/h2-5H,1H3,(H,10,14). The average Bonchev–Trinajstić information content (AvgIpc) is 2.08. The van der Waals surface area contributed by atoms with Crippen molar-refractivity contribution >= 4 is 18.5 Å². The van der Waals surface area contributed by atoms with Crippen molar-refractivity contribution in [1.82, 2.24) is 0 Å². The normalized spacial score (nSPS) is 13.8. The molecule has 6 heteroatoms. The number of aryl methyl sites for hydroxylation is 1. The van der Waals surface area contributed by atoms with E-state index in [-0.39, 0.29) is 0 Å². The molecule has 1 atom stereocenters. The first-order chi connectivity index (χ1) is 6.55. The van der Waals surface area contributed by atoms with Crippen molar-refractivity contribution in [3.05, 3.63) is 29.8 Å². The van der Waals surface area contributed by atoms with Crippen LogP contribution in [0.3, 0.4) is 0 Å². The molecule has 0 aromatic heterocycles. The monoisotopic (exact) mass is 229 g/mol. The van der Waals surface area contributed by atoms with Gasteiger partial charge in [0.2, 0.25) is 0 Å². The highest BCUT2D eigenvalue weighted by atomic mass is 32.5. The fourth-order valence-electron chi connectivity index (χ4n) is 0.853. The molecule has 0 bridgehead atoms. The summed E-state index contributed by atoms with van der Waals surface area (Å²) in [6.45, 7) is -1.67. The van der Waals surface area contributed by atoms with Crippen LogP contribution in [0.25, 0.3) is 0 Å². The molecule has 14 heavy (non-hydrogen) atoms. The fraction of sp³-hybridized carbons (Fsp3) is 0.125. The fourth-order valence-corrected chi connectivity index (χ4v) is 1.79. The predicted octanol–water partition coefficient (Wildman–Crippen LogP) is 2.09. The Bertz CT molecular complexity index is 415. The molecular weight excluding hydrogens is 221 g/mol. The van der Waals surface area contributed by atoms with Crippen LogP contribution in [0, 0.1) is 18.4 Å². The zero-order chi connectivity index (χ0) is 10.6. The van der Waals surface area contributed by atoms with Gasteiger partial charge >= 0.3 is 6.72 Å². The zero-order valence-corrected chi connectivity index (χ0v) is 9.09. The average molecular weight is 229 g/mol. The van der Waals surface area contributed by atoms with Crippen LogP contribution in [0.4, 0.5) is 0 Å². The Hall–Kier alpha value is -1.08. The summed E-state index contributed by atoms with van der Waals surface area (Å²) in [5.41, 5.74) is 0.817. The van der Waals surface area contributed by atoms with Gasteiger partial charge in [0.05, 0.1) is 0 Å². The Morgan fingerprint density at radius 1 is 1.50 bits per heavy atom. The minimum absolute atomic E-state index is 0.425. The maximum atomic E-state index is 9.35. The predicted molar refractivity (Wildman–Crippen MR) is 55.0 cm³/mol. The number of rotatable bonds is 3. The highest BCUT2D eigenvalue weighted by Crippen LogP contribution is 2.44. The van der Waals surface area contributed by atoms with E-state index < -0.39 is 6.72 Å². The Morgan fingerprint density at radius 2 is 2.14 bits per heavy atom. The molecule has 1 aromatic carbocycles. The van der Waals surface area contributed by atoms with Gasteiger partial charge < -0.3 is 13.9 Å². The molecule has 74 valence electrons. The molecule has 1 aromatic rings. The van der Waals surface area contributed by atoms with Crippen molar-refractivity contribution in [1.29, 1.82) is 5.26 Å². The number of hydrogen-bond donors (Lipinski definition) is 1. The van der Waals surface area contributed by atoms with E-state index in [1.807, 2.05) is 6.07 Å². The summed E-state index contributed by atoms with van der Waals surface area (Å²) in [7, 11) is 0. The van der Waals surface area contributed by atoms with E-state index in [1.54, 1.807) is 25.1 Å². The van der Waals surface area contributed by atoms with Crippen LogP contribution < -0.4 is 4.52 Å². The maximum Gasteiger partial charge on any atom is 0.442 e. The molecule has 0 aliphatic rings. The zero-order valence-electron chi connectivity index (χ0n) is 7.38. The molecule has 0 fully saturated rings. The molecule has 0 radical (unpaired) electrons. The molecule has 0 saturated heterocycles. The highest BCUT2D eigenvalue weighted by Gasteiger charge is 2.18. The molecule has 0 aliphatic carbocycles. The Labute approximate surface area is 87.0 Å². The number of hydrogen-bond acceptors (Lipinski definition) is 4. The number of benzene rings is 1. The Balaban J connectivity index is 2.85. The van der Waals surface area contributed by atoms with Crippen molar-refractivity contribution in [2.24, 2.45) is 0 Å². The van der Waals surface area contributed by atoms with E-state index in [9.17, 15) is 4.89 Å². The minimum Gasteiger partial charge on any atom is -0.415 e. The van der Waals surface area contributed by atoms with Gasteiger partial charge in [0.25, 0.3) is 6.26 Å². The first-order valence-corrected chi connectivity index (χ1v) is 6.30. The molecule has 0 saturated carbocycles. The van der Waals surface area contributed by atoms with Crippen LogP contribution in [0.5, 0.6) is 5.75 Å². The second-order valence-electron chi connectivity index (χ2n) is 2.51. The van der Waals surface area contributed by atoms with Crippen LogP contribution >= 0.6 is 6.72 Å². The van der Waals surface area contributed by atoms with Crippen molar-refractivity contribution in [2.45, 2.75) is 6.92 Å². The molecular formula is C8H8NO3PS. The van der Waals surface area contributed by atoms with Gasteiger partial charge in [0.1, 0.15) is 5.75 Å². The van der Waals surface area contributed by atoms with E-state index in [0.29, 0.717) is 5.75 Å². The molecule has 0 aliphatic heterocycles. The molecule has 0 spiro atoms. The third kappa shape index (κ3) is 3.00. The molecule has 0 amide bonds. The quantitative estimate of drug-likeness (QED) is 0.635. The summed E-state index contributed by atoms with van der Waals surface area (Å²) in [5, 5.41) is 8.20. The Kier molecular flexibility index (Phi) is 3.48. The van der Waals surface area contributed by atoms with Crippen LogP contribution in [0.2, 0.25) is 0 Å². The first-order valence-electron chi connectivity index (χ1n) is 3.71. The van der Waals surface area contributed by atoms with Gasteiger partial charge in [-0.3, -0.25) is 0 Å². The van der Waals surface area contributed by atoms with Gasteiger partial charge in [-0.05, 0) is 18.6 Å². The van der Waals surface area contributed by atoms with Crippen molar-refractivity contribution in [3.8, 4) is 12.0 Å². The van der Waals surface area contributed by atoms with Crippen LogP contribution in [0.15, 0.2) is 24.3 Å². The van der Waals surface area contributed by atoms with E-state index in [2.05, 4.69) is 16.3 Å². The summed E-state index contributed by atoms with van der Waals surface area (Å²) >= 11 is 4.58. The van der Waals surface area contributed by atoms with Gasteiger partial charge in [0.15, 0.2) is 0 Å².